The van der Waals surface area contributed by atoms with Crippen molar-refractivity contribution in [1.29, 1.82) is 0 Å². The molecule has 0 heterocycles. The van der Waals surface area contributed by atoms with Crippen molar-refractivity contribution in [2.75, 3.05) is 6.54 Å². The maximum absolute atomic E-state index is 12.6. The van der Waals surface area contributed by atoms with E-state index < -0.39 is 10.8 Å². The van der Waals surface area contributed by atoms with Gasteiger partial charge in [0.2, 0.25) is 0 Å². The molecule has 100 valence electrons. The maximum Gasteiger partial charge on any atom is 0.0576 e. The standard InChI is InChI=1S/C15H23NOS/c1-3-10-16-14-8-5-9-15(14)18(17)13-7-4-6-12(2)11-13/h4,6-7,11,14-16H,3,5,8-10H2,1-2H3. The minimum absolute atomic E-state index is 0.290. The highest BCUT2D eigenvalue weighted by molar-refractivity contribution is 7.85. The van der Waals surface area contributed by atoms with Crippen LogP contribution in [0.2, 0.25) is 0 Å². The Labute approximate surface area is 113 Å². The van der Waals surface area contributed by atoms with Crippen LogP contribution in [0.5, 0.6) is 0 Å². The van der Waals surface area contributed by atoms with E-state index in [1.165, 1.54) is 18.4 Å². The van der Waals surface area contributed by atoms with Gasteiger partial charge in [-0.05, 0) is 50.4 Å². The van der Waals surface area contributed by atoms with Crippen molar-refractivity contribution in [3.8, 4) is 0 Å². The summed E-state index contributed by atoms with van der Waals surface area (Å²) in [5.41, 5.74) is 1.19. The van der Waals surface area contributed by atoms with Gasteiger partial charge in [0, 0.05) is 10.9 Å². The van der Waals surface area contributed by atoms with Crippen LogP contribution >= 0.6 is 0 Å². The Morgan fingerprint density at radius 2 is 2.22 bits per heavy atom. The third-order valence-corrected chi connectivity index (χ3v) is 5.44. The van der Waals surface area contributed by atoms with Crippen LogP contribution in [0, 0.1) is 6.92 Å². The Morgan fingerprint density at radius 3 is 2.94 bits per heavy atom. The predicted molar refractivity (Wildman–Crippen MR) is 77.3 cm³/mol. The molecular weight excluding hydrogens is 242 g/mol. The smallest absolute Gasteiger partial charge is 0.0576 e. The van der Waals surface area contributed by atoms with Crippen LogP contribution in [0.1, 0.15) is 38.2 Å². The second-order valence-electron chi connectivity index (χ2n) is 5.14. The van der Waals surface area contributed by atoms with Gasteiger partial charge in [-0.15, -0.1) is 0 Å². The van der Waals surface area contributed by atoms with Gasteiger partial charge in [0.05, 0.1) is 16.0 Å². The molecule has 1 fully saturated rings. The highest BCUT2D eigenvalue weighted by atomic mass is 32.2. The molecule has 1 N–H and O–H groups in total. The van der Waals surface area contributed by atoms with Crippen molar-refractivity contribution in [2.45, 2.75) is 55.7 Å². The molecule has 1 aliphatic carbocycles. The summed E-state index contributed by atoms with van der Waals surface area (Å²) in [6.07, 6.45) is 4.59. The predicted octanol–water partition coefficient (Wildman–Crippen LogP) is 3.02. The highest BCUT2D eigenvalue weighted by Crippen LogP contribution is 2.27. The second-order valence-corrected chi connectivity index (χ2v) is 6.82. The summed E-state index contributed by atoms with van der Waals surface area (Å²) in [6.45, 7) is 5.27. The van der Waals surface area contributed by atoms with Gasteiger partial charge >= 0.3 is 0 Å². The molecule has 0 aliphatic heterocycles. The van der Waals surface area contributed by atoms with Crippen LogP contribution in [0.3, 0.4) is 0 Å². The number of aryl methyl sites for hydroxylation is 1. The van der Waals surface area contributed by atoms with E-state index in [1.807, 2.05) is 12.1 Å². The molecule has 18 heavy (non-hydrogen) atoms. The zero-order valence-corrected chi connectivity index (χ0v) is 12.1. The molecule has 1 saturated carbocycles. The zero-order chi connectivity index (χ0) is 13.0. The van der Waals surface area contributed by atoms with Crippen molar-refractivity contribution in [1.82, 2.24) is 5.32 Å². The number of nitrogens with one attached hydrogen (secondary N) is 1. The lowest BCUT2D eigenvalue weighted by molar-refractivity contribution is 0.523. The SMILES string of the molecule is CCCNC1CCCC1S(=O)c1cccc(C)c1. The van der Waals surface area contributed by atoms with E-state index in [9.17, 15) is 4.21 Å². The van der Waals surface area contributed by atoms with E-state index in [-0.39, 0.29) is 0 Å². The second kappa shape index (κ2) is 6.48. The van der Waals surface area contributed by atoms with Gasteiger partial charge in [-0.1, -0.05) is 25.5 Å². The molecule has 0 spiro atoms. The Bertz CT molecular complexity index is 419. The minimum atomic E-state index is -0.865. The molecule has 0 radical (unpaired) electrons. The molecule has 1 aliphatic rings. The van der Waals surface area contributed by atoms with Crippen LogP contribution < -0.4 is 5.32 Å². The average molecular weight is 265 g/mol. The molecule has 2 nitrogen and oxygen atoms in total. The molecule has 1 aromatic carbocycles. The number of rotatable bonds is 5. The summed E-state index contributed by atoms with van der Waals surface area (Å²) in [6, 6.07) is 8.56. The van der Waals surface area contributed by atoms with Crippen molar-refractivity contribution >= 4 is 10.8 Å². The van der Waals surface area contributed by atoms with Gasteiger partial charge in [0.15, 0.2) is 0 Å². The van der Waals surface area contributed by atoms with Gasteiger partial charge < -0.3 is 5.32 Å². The van der Waals surface area contributed by atoms with Crippen molar-refractivity contribution < 1.29 is 4.21 Å². The number of hydrogen-bond donors (Lipinski definition) is 1. The fourth-order valence-electron chi connectivity index (χ4n) is 2.66. The lowest BCUT2D eigenvalue weighted by atomic mass is 10.2. The summed E-state index contributed by atoms with van der Waals surface area (Å²) in [7, 11) is -0.865. The van der Waals surface area contributed by atoms with E-state index in [1.54, 1.807) is 0 Å². The van der Waals surface area contributed by atoms with Crippen LogP contribution in [0.25, 0.3) is 0 Å². The lowest BCUT2D eigenvalue weighted by Gasteiger charge is -2.20. The van der Waals surface area contributed by atoms with Gasteiger partial charge in [-0.2, -0.15) is 0 Å². The Kier molecular flexibility index (Phi) is 4.95. The van der Waals surface area contributed by atoms with E-state index in [0.717, 1.165) is 24.3 Å². The third-order valence-electron chi connectivity index (χ3n) is 3.61. The summed E-state index contributed by atoms with van der Waals surface area (Å²) < 4.78 is 12.6. The Hall–Kier alpha value is -0.670. The fourth-order valence-corrected chi connectivity index (χ4v) is 4.44. The van der Waals surface area contributed by atoms with Crippen molar-refractivity contribution in [2.24, 2.45) is 0 Å². The molecule has 0 bridgehead atoms. The molecular formula is C15H23NOS. The fraction of sp³-hybridized carbons (Fsp3) is 0.600. The van der Waals surface area contributed by atoms with Gasteiger partial charge in [-0.3, -0.25) is 4.21 Å². The quantitative estimate of drug-likeness (QED) is 0.886. The van der Waals surface area contributed by atoms with Gasteiger partial charge in [0.1, 0.15) is 0 Å². The molecule has 2 rings (SSSR count). The van der Waals surface area contributed by atoms with Crippen LogP contribution in [0.15, 0.2) is 29.2 Å². The van der Waals surface area contributed by atoms with Crippen molar-refractivity contribution in [3.05, 3.63) is 29.8 Å². The minimum Gasteiger partial charge on any atom is -0.313 e. The molecule has 3 heteroatoms. The number of hydrogen-bond acceptors (Lipinski definition) is 2. The zero-order valence-electron chi connectivity index (χ0n) is 11.3. The molecule has 0 saturated heterocycles. The summed E-state index contributed by atoms with van der Waals surface area (Å²) >= 11 is 0. The molecule has 3 atom stereocenters. The molecule has 3 unspecified atom stereocenters. The molecule has 0 aromatic heterocycles. The average Bonchev–Trinajstić information content (AvgIpc) is 2.83. The number of benzene rings is 1. The Morgan fingerprint density at radius 1 is 1.39 bits per heavy atom. The van der Waals surface area contributed by atoms with Crippen LogP contribution in [0.4, 0.5) is 0 Å². The largest absolute Gasteiger partial charge is 0.313 e. The van der Waals surface area contributed by atoms with E-state index in [2.05, 4.69) is 31.3 Å². The molecule has 0 amide bonds. The summed E-state index contributed by atoms with van der Waals surface area (Å²) in [5, 5.41) is 3.84. The summed E-state index contributed by atoms with van der Waals surface area (Å²) in [5.74, 6) is 0. The Balaban J connectivity index is 2.08. The topological polar surface area (TPSA) is 29.1 Å². The van der Waals surface area contributed by atoms with Crippen LogP contribution in [-0.4, -0.2) is 22.0 Å². The van der Waals surface area contributed by atoms with E-state index in [0.29, 0.717) is 11.3 Å². The highest BCUT2D eigenvalue weighted by Gasteiger charge is 2.32. The normalized spacial score (nSPS) is 25.2. The van der Waals surface area contributed by atoms with Gasteiger partial charge in [0.25, 0.3) is 0 Å². The lowest BCUT2D eigenvalue weighted by Crippen LogP contribution is -2.38. The van der Waals surface area contributed by atoms with Crippen LogP contribution in [-0.2, 0) is 10.8 Å². The van der Waals surface area contributed by atoms with E-state index >= 15 is 0 Å². The van der Waals surface area contributed by atoms with Crippen molar-refractivity contribution in [3.63, 3.8) is 0 Å². The first-order valence-electron chi connectivity index (χ1n) is 6.93. The first kappa shape index (κ1) is 13.8. The summed E-state index contributed by atoms with van der Waals surface area (Å²) in [4.78, 5) is 0.991. The molecule has 1 aromatic rings. The van der Waals surface area contributed by atoms with Gasteiger partial charge in [-0.25, -0.2) is 0 Å². The third kappa shape index (κ3) is 3.21. The monoisotopic (exact) mass is 265 g/mol. The maximum atomic E-state index is 12.6. The first-order chi connectivity index (χ1) is 8.72. The van der Waals surface area contributed by atoms with E-state index in [4.69, 9.17) is 0 Å². The first-order valence-corrected chi connectivity index (χ1v) is 8.14.